The Morgan fingerprint density at radius 2 is 1.15 bits per heavy atom. The molecule has 0 unspecified atom stereocenters. The number of anilines is 4. The van der Waals surface area contributed by atoms with E-state index < -0.39 is 6.09 Å². The SMILES string of the molecule is COc1cc(N)cc(C)c1OCCCN1CCN(c2cccc3sccc23)CC1.COc1cc(NC(=O)O)cc(C)c1OCCCN1CCN(c2cccc3sccc23)CC1. The van der Waals surface area contributed by atoms with Crippen LogP contribution in [0.4, 0.5) is 27.5 Å². The summed E-state index contributed by atoms with van der Waals surface area (Å²) in [6.07, 6.45) is 0.803. The molecule has 8 rings (SSSR count). The summed E-state index contributed by atoms with van der Waals surface area (Å²) in [5.74, 6) is 2.70. The molecule has 2 aliphatic heterocycles. The highest BCUT2D eigenvalue weighted by Gasteiger charge is 2.21. The van der Waals surface area contributed by atoms with Gasteiger partial charge in [-0.15, -0.1) is 22.7 Å². The van der Waals surface area contributed by atoms with E-state index in [9.17, 15) is 4.79 Å². The van der Waals surface area contributed by atoms with E-state index in [1.165, 1.54) is 31.5 Å². The summed E-state index contributed by atoms with van der Waals surface area (Å²) in [6, 6.07) is 24.8. The van der Waals surface area contributed by atoms with Crippen molar-refractivity contribution in [3.05, 3.63) is 94.7 Å². The minimum Gasteiger partial charge on any atom is -0.493 e. The number of carbonyl (C=O) groups is 1. The van der Waals surface area contributed by atoms with Gasteiger partial charge in [-0.1, -0.05) is 12.1 Å². The molecule has 1 amide bonds. The van der Waals surface area contributed by atoms with Gasteiger partial charge in [0.15, 0.2) is 23.0 Å². The Morgan fingerprint density at radius 3 is 1.62 bits per heavy atom. The lowest BCUT2D eigenvalue weighted by Crippen LogP contribution is -2.46. The molecule has 0 radical (unpaired) electrons. The van der Waals surface area contributed by atoms with Crippen LogP contribution in [0.2, 0.25) is 0 Å². The molecule has 324 valence electrons. The Labute approximate surface area is 367 Å². The Kier molecular flexibility index (Phi) is 15.0. The van der Waals surface area contributed by atoms with Crippen molar-refractivity contribution in [2.75, 3.05) is 114 Å². The quantitative estimate of drug-likeness (QED) is 0.0676. The Hall–Kier alpha value is -5.41. The summed E-state index contributed by atoms with van der Waals surface area (Å²) < 4.78 is 25.6. The monoisotopic (exact) mass is 866 g/mol. The molecule has 12 nitrogen and oxygen atoms in total. The maximum absolute atomic E-state index is 10.9. The molecule has 61 heavy (non-hydrogen) atoms. The highest BCUT2D eigenvalue weighted by molar-refractivity contribution is 7.17. The zero-order valence-electron chi connectivity index (χ0n) is 35.7. The number of methoxy groups -OCH3 is 2. The third-order valence-corrected chi connectivity index (χ3v) is 13.1. The first-order valence-electron chi connectivity index (χ1n) is 21.0. The number of nitrogens with two attached hydrogens (primary N) is 1. The van der Waals surface area contributed by atoms with Gasteiger partial charge in [0, 0.05) is 121 Å². The highest BCUT2D eigenvalue weighted by Crippen LogP contribution is 2.36. The number of nitrogen functional groups attached to an aromatic ring is 1. The van der Waals surface area contributed by atoms with Gasteiger partial charge in [-0.25, -0.2) is 4.79 Å². The summed E-state index contributed by atoms with van der Waals surface area (Å²) in [5, 5.41) is 18.4. The summed E-state index contributed by atoms with van der Waals surface area (Å²) in [6.45, 7) is 15.6. The van der Waals surface area contributed by atoms with Gasteiger partial charge >= 0.3 is 6.09 Å². The Morgan fingerprint density at radius 1 is 0.672 bits per heavy atom. The Bertz CT molecular complexity index is 2370. The number of ether oxygens (including phenoxy) is 4. The maximum Gasteiger partial charge on any atom is 0.409 e. The van der Waals surface area contributed by atoms with Crippen LogP contribution >= 0.6 is 22.7 Å². The number of nitrogens with one attached hydrogen (secondary N) is 1. The van der Waals surface area contributed by atoms with Crippen LogP contribution in [-0.4, -0.2) is 114 Å². The second-order valence-corrected chi connectivity index (χ2v) is 17.3. The van der Waals surface area contributed by atoms with Gasteiger partial charge in [0.25, 0.3) is 0 Å². The second-order valence-electron chi connectivity index (χ2n) is 15.4. The lowest BCUT2D eigenvalue weighted by molar-refractivity contribution is 0.209. The third kappa shape index (κ3) is 11.1. The minimum absolute atomic E-state index is 0.468. The van der Waals surface area contributed by atoms with E-state index in [1.807, 2.05) is 37.3 Å². The van der Waals surface area contributed by atoms with Gasteiger partial charge in [-0.2, -0.15) is 0 Å². The number of thiophene rings is 2. The fourth-order valence-corrected chi connectivity index (χ4v) is 9.85. The number of carboxylic acid groups (broad SMARTS) is 1. The van der Waals surface area contributed by atoms with Gasteiger partial charge < -0.3 is 39.6 Å². The number of hydrogen-bond acceptors (Lipinski definition) is 12. The molecular weight excluding hydrogens is 809 g/mol. The van der Waals surface area contributed by atoms with E-state index in [-0.39, 0.29) is 0 Å². The number of piperazine rings is 2. The van der Waals surface area contributed by atoms with Crippen LogP contribution in [-0.2, 0) is 0 Å². The van der Waals surface area contributed by atoms with Crippen molar-refractivity contribution >= 4 is 71.7 Å². The first-order valence-corrected chi connectivity index (χ1v) is 22.7. The molecule has 0 aliphatic carbocycles. The van der Waals surface area contributed by atoms with Crippen LogP contribution in [0.25, 0.3) is 20.2 Å². The first kappa shape index (κ1) is 43.7. The van der Waals surface area contributed by atoms with Crippen LogP contribution in [0, 0.1) is 13.8 Å². The minimum atomic E-state index is -1.10. The maximum atomic E-state index is 10.9. The predicted molar refractivity (Wildman–Crippen MR) is 253 cm³/mol. The highest BCUT2D eigenvalue weighted by atomic mass is 32.1. The molecule has 14 heteroatoms. The summed E-state index contributed by atoms with van der Waals surface area (Å²) in [5.41, 5.74) is 11.6. The molecule has 4 N–H and O–H groups in total. The molecule has 4 aromatic carbocycles. The van der Waals surface area contributed by atoms with Crippen molar-refractivity contribution < 1.29 is 28.8 Å². The molecule has 0 bridgehead atoms. The zero-order valence-corrected chi connectivity index (χ0v) is 37.3. The van der Waals surface area contributed by atoms with Crippen LogP contribution in [0.15, 0.2) is 83.6 Å². The standard InChI is InChI=1S/C24H29N3O4S.C23H29N3O2S/c1-17-15-18(25-24(28)29)16-21(30-2)23(17)31-13-4-8-26-9-11-27(12-10-26)20-5-3-6-22-19(20)7-14-32-22;1-17-15-18(24)16-21(27-2)23(17)28-13-4-8-25-9-11-26(12-10-25)20-5-3-6-22-19(20)7-14-29-22/h3,5-7,14-16,25H,4,8-13H2,1-2H3,(H,28,29);3,5-7,14-16H,4,8-13,24H2,1-2H3. The van der Waals surface area contributed by atoms with Crippen molar-refractivity contribution in [3.63, 3.8) is 0 Å². The van der Waals surface area contributed by atoms with Crippen molar-refractivity contribution in [3.8, 4) is 23.0 Å². The van der Waals surface area contributed by atoms with Gasteiger partial charge in [0.05, 0.1) is 27.4 Å². The summed E-state index contributed by atoms with van der Waals surface area (Å²) in [7, 11) is 3.21. The average molecular weight is 867 g/mol. The molecule has 2 saturated heterocycles. The Balaban J connectivity index is 0.000000185. The van der Waals surface area contributed by atoms with E-state index in [4.69, 9.17) is 29.8 Å². The fourth-order valence-electron chi connectivity index (χ4n) is 8.24. The van der Waals surface area contributed by atoms with E-state index in [0.29, 0.717) is 41.8 Å². The van der Waals surface area contributed by atoms with E-state index in [2.05, 4.69) is 84.2 Å². The van der Waals surface area contributed by atoms with Crippen molar-refractivity contribution in [1.82, 2.24) is 9.80 Å². The molecule has 2 fully saturated rings. The lowest BCUT2D eigenvalue weighted by atomic mass is 10.1. The smallest absolute Gasteiger partial charge is 0.409 e. The van der Waals surface area contributed by atoms with Crippen LogP contribution in [0.3, 0.4) is 0 Å². The van der Waals surface area contributed by atoms with Gasteiger partial charge in [0.1, 0.15) is 0 Å². The number of nitrogens with zero attached hydrogens (tertiary/aromatic N) is 4. The predicted octanol–water partition coefficient (Wildman–Crippen LogP) is 9.29. The summed E-state index contributed by atoms with van der Waals surface area (Å²) in [4.78, 5) is 20.9. The number of amides is 1. The zero-order chi connectivity index (χ0) is 42.7. The first-order chi connectivity index (χ1) is 29.7. The number of rotatable bonds is 15. The van der Waals surface area contributed by atoms with Gasteiger partial charge in [-0.3, -0.25) is 15.1 Å². The molecule has 6 aromatic rings. The lowest BCUT2D eigenvalue weighted by Gasteiger charge is -2.36. The second kappa shape index (κ2) is 20.9. The van der Waals surface area contributed by atoms with E-state index >= 15 is 0 Å². The molecule has 2 aromatic heterocycles. The number of hydrogen-bond donors (Lipinski definition) is 3. The van der Waals surface area contributed by atoms with Gasteiger partial charge in [0.2, 0.25) is 0 Å². The van der Waals surface area contributed by atoms with E-state index in [0.717, 1.165) is 95.2 Å². The molecular formula is C47H58N6O6S2. The number of aryl methyl sites for hydroxylation is 2. The van der Waals surface area contributed by atoms with Crippen molar-refractivity contribution in [1.29, 1.82) is 0 Å². The largest absolute Gasteiger partial charge is 0.493 e. The molecule has 0 spiro atoms. The van der Waals surface area contributed by atoms with Crippen LogP contribution in [0.5, 0.6) is 23.0 Å². The normalized spacial score (nSPS) is 14.8. The molecule has 0 atom stereocenters. The number of fused-ring (bicyclic) bond motifs is 2. The van der Waals surface area contributed by atoms with E-state index in [1.54, 1.807) is 37.7 Å². The number of benzene rings is 4. The van der Waals surface area contributed by atoms with Gasteiger partial charge in [-0.05, 0) is 97.1 Å². The van der Waals surface area contributed by atoms with Crippen LogP contribution < -0.4 is 39.8 Å². The molecule has 4 heterocycles. The molecule has 2 aliphatic rings. The van der Waals surface area contributed by atoms with Crippen molar-refractivity contribution in [2.45, 2.75) is 26.7 Å². The topological polar surface area (TPSA) is 125 Å². The van der Waals surface area contributed by atoms with Crippen LogP contribution in [0.1, 0.15) is 24.0 Å². The van der Waals surface area contributed by atoms with Crippen molar-refractivity contribution in [2.24, 2.45) is 0 Å². The molecule has 0 saturated carbocycles. The summed E-state index contributed by atoms with van der Waals surface area (Å²) >= 11 is 3.61. The third-order valence-electron chi connectivity index (χ3n) is 11.3. The average Bonchev–Trinajstić information content (AvgIpc) is 3.96. The fraction of sp³-hybridized carbons (Fsp3) is 0.383.